The number of para-hydroxylation sites is 1. The molecule has 1 aliphatic heterocycles. The fraction of sp³-hybridized carbons (Fsp3) is 0.727. The van der Waals surface area contributed by atoms with E-state index in [4.69, 9.17) is 0 Å². The van der Waals surface area contributed by atoms with Gasteiger partial charge in [-0.05, 0) is 18.6 Å². The number of nitrogens with zero attached hydrogens (tertiary/aromatic N) is 2. The van der Waals surface area contributed by atoms with Gasteiger partial charge < -0.3 is 10.0 Å². The maximum atomic E-state index is 10.3. The molecule has 1 aliphatic rings. The van der Waals surface area contributed by atoms with Crippen LogP contribution in [0.2, 0.25) is 0 Å². The molecule has 0 bridgehead atoms. The molecule has 1 saturated heterocycles. The number of unbranched alkanes of at least 4 members (excludes halogenated alkanes) is 7. The van der Waals surface area contributed by atoms with Gasteiger partial charge in [0.1, 0.15) is 0 Å². The number of anilines is 1. The van der Waals surface area contributed by atoms with E-state index in [9.17, 15) is 5.11 Å². The number of hydrogen-bond acceptors (Lipinski definition) is 3. The van der Waals surface area contributed by atoms with Crippen molar-refractivity contribution in [1.29, 1.82) is 0 Å². The van der Waals surface area contributed by atoms with Crippen molar-refractivity contribution in [3.63, 3.8) is 0 Å². The van der Waals surface area contributed by atoms with Crippen LogP contribution < -0.4 is 4.90 Å². The number of rotatable bonds is 12. The van der Waals surface area contributed by atoms with E-state index in [1.54, 1.807) is 0 Å². The van der Waals surface area contributed by atoms with Gasteiger partial charge in [0.05, 0.1) is 6.10 Å². The molecular formula is C22H38N2O. The molecule has 1 aromatic rings. The van der Waals surface area contributed by atoms with E-state index in [0.717, 1.165) is 39.1 Å². The molecule has 3 nitrogen and oxygen atoms in total. The molecule has 1 heterocycles. The third kappa shape index (κ3) is 8.24. The van der Waals surface area contributed by atoms with Crippen molar-refractivity contribution in [1.82, 2.24) is 4.90 Å². The summed E-state index contributed by atoms with van der Waals surface area (Å²) in [6, 6.07) is 10.7. The Hall–Kier alpha value is -1.06. The maximum Gasteiger partial charge on any atom is 0.0667 e. The Bertz CT molecular complexity index is 429. The van der Waals surface area contributed by atoms with Crippen molar-refractivity contribution in [2.75, 3.05) is 37.6 Å². The van der Waals surface area contributed by atoms with Gasteiger partial charge in [-0.1, -0.05) is 76.5 Å². The summed E-state index contributed by atoms with van der Waals surface area (Å²) in [5.74, 6) is 0. The summed E-state index contributed by atoms with van der Waals surface area (Å²) < 4.78 is 0. The molecular weight excluding hydrogens is 308 g/mol. The third-order valence-electron chi connectivity index (χ3n) is 5.35. The summed E-state index contributed by atoms with van der Waals surface area (Å²) in [5.41, 5.74) is 1.32. The van der Waals surface area contributed by atoms with Gasteiger partial charge in [-0.3, -0.25) is 4.90 Å². The van der Waals surface area contributed by atoms with E-state index < -0.39 is 0 Å². The van der Waals surface area contributed by atoms with Crippen LogP contribution in [0, 0.1) is 0 Å². The largest absolute Gasteiger partial charge is 0.392 e. The molecule has 142 valence electrons. The zero-order valence-electron chi connectivity index (χ0n) is 16.2. The van der Waals surface area contributed by atoms with E-state index in [-0.39, 0.29) is 6.10 Å². The summed E-state index contributed by atoms with van der Waals surface area (Å²) >= 11 is 0. The van der Waals surface area contributed by atoms with Crippen LogP contribution in [-0.4, -0.2) is 48.8 Å². The lowest BCUT2D eigenvalue weighted by Gasteiger charge is -2.37. The van der Waals surface area contributed by atoms with Crippen LogP contribution >= 0.6 is 0 Å². The molecule has 1 aromatic carbocycles. The number of β-amino-alcohol motifs (C(OH)–C–C–N with tert-alkyl or cyclic N) is 1. The van der Waals surface area contributed by atoms with Crippen molar-refractivity contribution in [2.24, 2.45) is 0 Å². The first kappa shape index (κ1) is 20.3. The fourth-order valence-corrected chi connectivity index (χ4v) is 3.73. The minimum Gasteiger partial charge on any atom is -0.392 e. The van der Waals surface area contributed by atoms with E-state index in [0.29, 0.717) is 0 Å². The summed E-state index contributed by atoms with van der Waals surface area (Å²) in [4.78, 5) is 4.87. The predicted molar refractivity (Wildman–Crippen MR) is 108 cm³/mol. The second kappa shape index (κ2) is 12.3. The number of hydrogen-bond donors (Lipinski definition) is 1. The highest BCUT2D eigenvalue weighted by Crippen LogP contribution is 2.16. The van der Waals surface area contributed by atoms with Gasteiger partial charge in [-0.25, -0.2) is 0 Å². The highest BCUT2D eigenvalue weighted by molar-refractivity contribution is 5.46. The molecule has 2 rings (SSSR count). The minimum atomic E-state index is -0.150. The standard InChI is InChI=1S/C22H38N2O/c1-2-3-4-5-6-7-8-12-15-22(25)20-23-16-18-24(19-17-23)21-13-10-9-11-14-21/h9-11,13-14,22,25H,2-8,12,15-20H2,1H3/t22-/m1/s1. The van der Waals surface area contributed by atoms with Crippen LogP contribution in [0.25, 0.3) is 0 Å². The first-order valence-corrected chi connectivity index (χ1v) is 10.5. The van der Waals surface area contributed by atoms with Crippen LogP contribution in [0.3, 0.4) is 0 Å². The Morgan fingerprint density at radius 1 is 0.840 bits per heavy atom. The van der Waals surface area contributed by atoms with Gasteiger partial charge in [-0.15, -0.1) is 0 Å². The molecule has 1 N–H and O–H groups in total. The van der Waals surface area contributed by atoms with Crippen LogP contribution in [0.15, 0.2) is 30.3 Å². The Labute approximate surface area is 155 Å². The van der Waals surface area contributed by atoms with E-state index in [1.165, 1.54) is 57.1 Å². The number of aliphatic hydroxyl groups excluding tert-OH is 1. The highest BCUT2D eigenvalue weighted by Gasteiger charge is 2.19. The Morgan fingerprint density at radius 3 is 2.08 bits per heavy atom. The van der Waals surface area contributed by atoms with Gasteiger partial charge in [0.15, 0.2) is 0 Å². The molecule has 1 atom stereocenters. The number of piperazine rings is 1. The minimum absolute atomic E-state index is 0.150. The second-order valence-corrected chi connectivity index (χ2v) is 7.54. The van der Waals surface area contributed by atoms with Gasteiger partial charge in [-0.2, -0.15) is 0 Å². The third-order valence-corrected chi connectivity index (χ3v) is 5.35. The van der Waals surface area contributed by atoms with E-state index in [1.807, 2.05) is 0 Å². The topological polar surface area (TPSA) is 26.7 Å². The Morgan fingerprint density at radius 2 is 1.44 bits per heavy atom. The van der Waals surface area contributed by atoms with Crippen molar-refractivity contribution in [3.05, 3.63) is 30.3 Å². The van der Waals surface area contributed by atoms with Crippen molar-refractivity contribution in [2.45, 2.75) is 70.8 Å². The molecule has 0 aromatic heterocycles. The summed E-state index contributed by atoms with van der Waals surface area (Å²) in [5, 5.41) is 10.3. The monoisotopic (exact) mass is 346 g/mol. The predicted octanol–water partition coefficient (Wildman–Crippen LogP) is 4.70. The first-order valence-electron chi connectivity index (χ1n) is 10.5. The van der Waals surface area contributed by atoms with Crippen molar-refractivity contribution >= 4 is 5.69 Å². The molecule has 0 spiro atoms. The van der Waals surface area contributed by atoms with Crippen molar-refractivity contribution in [3.8, 4) is 0 Å². The lowest BCUT2D eigenvalue weighted by atomic mass is 10.1. The SMILES string of the molecule is CCCCCCCCCC[C@@H](O)CN1CCN(c2ccccc2)CC1. The molecule has 25 heavy (non-hydrogen) atoms. The first-order chi connectivity index (χ1) is 12.3. The average Bonchev–Trinajstić information content (AvgIpc) is 2.65. The second-order valence-electron chi connectivity index (χ2n) is 7.54. The van der Waals surface area contributed by atoms with Crippen LogP contribution in [0.1, 0.15) is 64.7 Å². The lowest BCUT2D eigenvalue weighted by Crippen LogP contribution is -2.48. The molecule has 0 radical (unpaired) electrons. The molecule has 0 unspecified atom stereocenters. The zero-order valence-corrected chi connectivity index (χ0v) is 16.2. The van der Waals surface area contributed by atoms with Crippen LogP contribution in [0.5, 0.6) is 0 Å². The molecule has 0 saturated carbocycles. The molecule has 1 fully saturated rings. The van der Waals surface area contributed by atoms with Crippen LogP contribution in [0.4, 0.5) is 5.69 Å². The molecule has 0 amide bonds. The highest BCUT2D eigenvalue weighted by atomic mass is 16.3. The van der Waals surface area contributed by atoms with Crippen molar-refractivity contribution < 1.29 is 5.11 Å². The number of aliphatic hydroxyl groups is 1. The zero-order chi connectivity index (χ0) is 17.7. The quantitative estimate of drug-likeness (QED) is 0.556. The van der Waals surface area contributed by atoms with Gasteiger partial charge in [0.25, 0.3) is 0 Å². The van der Waals surface area contributed by atoms with Crippen LogP contribution in [-0.2, 0) is 0 Å². The summed E-state index contributed by atoms with van der Waals surface area (Å²) in [6.45, 7) is 7.36. The van der Waals surface area contributed by atoms with Gasteiger partial charge >= 0.3 is 0 Å². The van der Waals surface area contributed by atoms with Gasteiger partial charge in [0.2, 0.25) is 0 Å². The van der Waals surface area contributed by atoms with E-state index in [2.05, 4.69) is 47.1 Å². The van der Waals surface area contributed by atoms with E-state index >= 15 is 0 Å². The number of benzene rings is 1. The molecule has 3 heteroatoms. The fourth-order valence-electron chi connectivity index (χ4n) is 3.73. The summed E-state index contributed by atoms with van der Waals surface area (Å²) in [7, 11) is 0. The maximum absolute atomic E-state index is 10.3. The Kier molecular flexibility index (Phi) is 9.98. The average molecular weight is 347 g/mol. The smallest absolute Gasteiger partial charge is 0.0667 e. The van der Waals surface area contributed by atoms with Gasteiger partial charge in [0, 0.05) is 38.4 Å². The Balaban J connectivity index is 1.50. The lowest BCUT2D eigenvalue weighted by molar-refractivity contribution is 0.0996. The normalized spacial score (nSPS) is 17.0. The summed E-state index contributed by atoms with van der Waals surface area (Å²) in [6.07, 6.45) is 11.5. The molecule has 0 aliphatic carbocycles.